The Morgan fingerprint density at radius 1 is 1.33 bits per heavy atom. The normalized spacial score (nSPS) is 19.6. The van der Waals surface area contributed by atoms with E-state index in [9.17, 15) is 17.1 Å². The van der Waals surface area contributed by atoms with Gasteiger partial charge in [0.05, 0.1) is 0 Å². The van der Waals surface area contributed by atoms with E-state index >= 15 is 0 Å². The number of benzene rings is 1. The van der Waals surface area contributed by atoms with Gasteiger partial charge in [0, 0.05) is 29.1 Å². The number of amides is 1. The summed E-state index contributed by atoms with van der Waals surface area (Å²) in [6, 6.07) is 10.1. The fraction of sp³-hybridized carbons (Fsp3) is 0.357. The molecule has 1 unspecified atom stereocenters. The molecule has 0 spiro atoms. The predicted octanol–water partition coefficient (Wildman–Crippen LogP) is 2.34. The summed E-state index contributed by atoms with van der Waals surface area (Å²) >= 11 is 1.66. The van der Waals surface area contributed by atoms with Gasteiger partial charge in [-0.1, -0.05) is 18.2 Å². The second-order valence-corrected chi connectivity index (χ2v) is 7.93. The number of hydrogen-bond acceptors (Lipinski definition) is 4. The highest BCUT2D eigenvalue weighted by Crippen LogP contribution is 2.26. The van der Waals surface area contributed by atoms with Crippen molar-refractivity contribution in [3.8, 4) is 0 Å². The van der Waals surface area contributed by atoms with Crippen LogP contribution in [0.2, 0.25) is 0 Å². The van der Waals surface area contributed by atoms with Crippen molar-refractivity contribution >= 4 is 37.6 Å². The van der Waals surface area contributed by atoms with Gasteiger partial charge >= 0.3 is 10.2 Å². The number of thiophene rings is 1. The molecule has 1 aliphatic rings. The lowest BCUT2D eigenvalue weighted by molar-refractivity contribution is -0.127. The van der Waals surface area contributed by atoms with Gasteiger partial charge in [0.1, 0.15) is 5.25 Å². The van der Waals surface area contributed by atoms with Gasteiger partial charge in [-0.05, 0) is 23.9 Å². The highest BCUT2D eigenvalue weighted by molar-refractivity contribution is 7.87. The van der Waals surface area contributed by atoms with Crippen LogP contribution in [0, 0.1) is 0 Å². The maximum atomic E-state index is 12.9. The van der Waals surface area contributed by atoms with Gasteiger partial charge in [-0.3, -0.25) is 4.79 Å². The number of halogens is 1. The van der Waals surface area contributed by atoms with Crippen LogP contribution in [0.4, 0.5) is 3.89 Å². The van der Waals surface area contributed by atoms with Crippen molar-refractivity contribution in [3.63, 3.8) is 0 Å². The van der Waals surface area contributed by atoms with Crippen molar-refractivity contribution in [2.45, 2.75) is 18.1 Å². The predicted molar refractivity (Wildman–Crippen MR) is 80.5 cm³/mol. The van der Waals surface area contributed by atoms with E-state index in [1.807, 2.05) is 24.3 Å². The highest BCUT2D eigenvalue weighted by Gasteiger charge is 2.38. The first kappa shape index (κ1) is 14.5. The molecule has 2 heterocycles. The van der Waals surface area contributed by atoms with E-state index in [4.69, 9.17) is 0 Å². The first-order chi connectivity index (χ1) is 9.93. The van der Waals surface area contributed by atoms with Crippen LogP contribution >= 0.6 is 11.3 Å². The van der Waals surface area contributed by atoms with Crippen LogP contribution in [0.1, 0.15) is 11.3 Å². The fourth-order valence-corrected chi connectivity index (χ4v) is 4.30. The largest absolute Gasteiger partial charge is 0.341 e. The molecule has 1 aromatic carbocycles. The number of rotatable bonds is 4. The van der Waals surface area contributed by atoms with Crippen LogP contribution < -0.4 is 0 Å². The van der Waals surface area contributed by atoms with E-state index in [0.29, 0.717) is 13.0 Å². The van der Waals surface area contributed by atoms with Crippen LogP contribution in [0.25, 0.3) is 10.1 Å². The zero-order valence-electron chi connectivity index (χ0n) is 11.2. The van der Waals surface area contributed by atoms with E-state index < -0.39 is 15.5 Å². The number of carbonyl (C=O) groups is 1. The first-order valence-corrected chi connectivity index (χ1v) is 8.88. The molecule has 1 aliphatic heterocycles. The zero-order valence-corrected chi connectivity index (χ0v) is 12.8. The second kappa shape index (κ2) is 5.38. The number of hydrogen-bond donors (Lipinski definition) is 0. The molecule has 3 rings (SSSR count). The molecule has 1 amide bonds. The molecule has 0 radical (unpaired) electrons. The Morgan fingerprint density at radius 3 is 2.76 bits per heavy atom. The quantitative estimate of drug-likeness (QED) is 0.810. The van der Waals surface area contributed by atoms with Crippen molar-refractivity contribution in [3.05, 3.63) is 35.2 Å². The van der Waals surface area contributed by atoms with E-state index in [1.165, 1.54) is 9.60 Å². The van der Waals surface area contributed by atoms with Crippen LogP contribution in [0.5, 0.6) is 0 Å². The van der Waals surface area contributed by atoms with Crippen LogP contribution in [-0.4, -0.2) is 37.6 Å². The standard InChI is InChI=1S/C14H14FNO3S2/c15-21(18,19)12-8-14(17)16(9-12)6-5-11-7-10-3-1-2-4-13(10)20-11/h1-4,7,12H,5-6,8-9H2. The summed E-state index contributed by atoms with van der Waals surface area (Å²) in [5, 5.41) is -0.0399. The number of likely N-dealkylation sites (tertiary alicyclic amines) is 1. The molecule has 1 aromatic heterocycles. The number of carbonyl (C=O) groups excluding carboxylic acids is 1. The average Bonchev–Trinajstić information content (AvgIpc) is 2.98. The lowest BCUT2D eigenvalue weighted by atomic mass is 10.2. The van der Waals surface area contributed by atoms with Crippen molar-refractivity contribution in [1.82, 2.24) is 4.90 Å². The second-order valence-electron chi connectivity index (χ2n) is 5.14. The maximum absolute atomic E-state index is 12.9. The summed E-state index contributed by atoms with van der Waals surface area (Å²) in [7, 11) is -4.63. The lowest BCUT2D eigenvalue weighted by Gasteiger charge is -2.14. The Kier molecular flexibility index (Phi) is 3.71. The van der Waals surface area contributed by atoms with Gasteiger partial charge in [0.2, 0.25) is 5.91 Å². The van der Waals surface area contributed by atoms with Gasteiger partial charge in [0.25, 0.3) is 0 Å². The van der Waals surface area contributed by atoms with Gasteiger partial charge in [-0.25, -0.2) is 0 Å². The summed E-state index contributed by atoms with van der Waals surface area (Å²) in [5.74, 6) is -0.290. The van der Waals surface area contributed by atoms with Crippen LogP contribution in [0.15, 0.2) is 30.3 Å². The Bertz CT molecular complexity index is 751. The van der Waals surface area contributed by atoms with Gasteiger partial charge in [-0.15, -0.1) is 15.2 Å². The lowest BCUT2D eigenvalue weighted by Crippen LogP contribution is -2.29. The SMILES string of the molecule is O=C1CC(S(=O)(=O)F)CN1CCc1cc2ccccc2s1. The van der Waals surface area contributed by atoms with Crippen LogP contribution in [-0.2, 0) is 21.4 Å². The molecule has 0 saturated carbocycles. The van der Waals surface area contributed by atoms with E-state index in [2.05, 4.69) is 6.07 Å². The Labute approximate surface area is 126 Å². The Morgan fingerprint density at radius 2 is 2.10 bits per heavy atom. The molecule has 1 atom stereocenters. The minimum Gasteiger partial charge on any atom is -0.341 e. The van der Waals surface area contributed by atoms with E-state index in [-0.39, 0.29) is 18.9 Å². The van der Waals surface area contributed by atoms with E-state index in [0.717, 1.165) is 10.3 Å². The zero-order chi connectivity index (χ0) is 15.0. The Balaban J connectivity index is 1.66. The molecule has 4 nitrogen and oxygen atoms in total. The molecular formula is C14H14FNO3S2. The average molecular weight is 327 g/mol. The first-order valence-electron chi connectivity index (χ1n) is 6.62. The molecule has 21 heavy (non-hydrogen) atoms. The molecule has 1 saturated heterocycles. The van der Waals surface area contributed by atoms with Gasteiger partial charge < -0.3 is 4.90 Å². The molecule has 1 fully saturated rings. The van der Waals surface area contributed by atoms with Crippen molar-refractivity contribution in [2.24, 2.45) is 0 Å². The maximum Gasteiger partial charge on any atom is 0.307 e. The molecule has 0 aliphatic carbocycles. The number of fused-ring (bicyclic) bond motifs is 1. The Hall–Kier alpha value is -1.47. The van der Waals surface area contributed by atoms with Crippen molar-refractivity contribution in [2.75, 3.05) is 13.1 Å². The molecule has 0 bridgehead atoms. The summed E-state index contributed by atoms with van der Waals surface area (Å²) in [4.78, 5) is 14.3. The van der Waals surface area contributed by atoms with Crippen molar-refractivity contribution in [1.29, 1.82) is 0 Å². The molecule has 112 valence electrons. The minimum absolute atomic E-state index is 0.0391. The topological polar surface area (TPSA) is 54.5 Å². The van der Waals surface area contributed by atoms with Gasteiger partial charge in [0.15, 0.2) is 0 Å². The third-order valence-electron chi connectivity index (χ3n) is 3.68. The molecule has 7 heteroatoms. The number of nitrogens with zero attached hydrogens (tertiary/aromatic N) is 1. The van der Waals surface area contributed by atoms with Crippen LogP contribution in [0.3, 0.4) is 0 Å². The third kappa shape index (κ3) is 3.08. The molecule has 0 N–H and O–H groups in total. The summed E-state index contributed by atoms with van der Waals surface area (Å²) in [5.41, 5.74) is 0. The third-order valence-corrected chi connectivity index (χ3v) is 5.97. The summed E-state index contributed by atoms with van der Waals surface area (Å²) in [6.07, 6.45) is 0.412. The summed E-state index contributed by atoms with van der Waals surface area (Å²) in [6.45, 7) is 0.389. The fourth-order valence-electron chi connectivity index (χ4n) is 2.55. The highest BCUT2D eigenvalue weighted by atomic mass is 32.3. The smallest absolute Gasteiger partial charge is 0.307 e. The monoisotopic (exact) mass is 327 g/mol. The molecule has 2 aromatic rings. The van der Waals surface area contributed by atoms with Gasteiger partial charge in [-0.2, -0.15) is 8.42 Å². The van der Waals surface area contributed by atoms with E-state index in [1.54, 1.807) is 11.3 Å². The van der Waals surface area contributed by atoms with Crippen molar-refractivity contribution < 1.29 is 17.1 Å². The molecular weight excluding hydrogens is 313 g/mol. The minimum atomic E-state index is -4.63. The summed E-state index contributed by atoms with van der Waals surface area (Å²) < 4.78 is 35.9.